The Morgan fingerprint density at radius 2 is 2.24 bits per heavy atom. The Labute approximate surface area is 127 Å². The van der Waals surface area contributed by atoms with Gasteiger partial charge in [-0.25, -0.2) is 9.78 Å². The van der Waals surface area contributed by atoms with Crippen molar-refractivity contribution in [3.63, 3.8) is 0 Å². The quantitative estimate of drug-likeness (QED) is 0.888. The van der Waals surface area contributed by atoms with E-state index in [0.717, 1.165) is 10.7 Å². The third-order valence-corrected chi connectivity index (χ3v) is 4.31. The summed E-state index contributed by atoms with van der Waals surface area (Å²) in [5.41, 5.74) is 2.36. The number of nitrogens with one attached hydrogen (secondary N) is 2. The van der Waals surface area contributed by atoms with Crippen LogP contribution >= 0.6 is 11.3 Å². The topological polar surface area (TPSA) is 80.0 Å². The lowest BCUT2D eigenvalue weighted by atomic mass is 10.2. The van der Waals surface area contributed by atoms with Crippen molar-refractivity contribution in [2.45, 2.75) is 40.0 Å². The monoisotopic (exact) mass is 308 g/mol. The second-order valence-corrected chi connectivity index (χ2v) is 5.87. The summed E-state index contributed by atoms with van der Waals surface area (Å²) >= 11 is 1.62. The first-order chi connectivity index (χ1) is 10.0. The first-order valence-electron chi connectivity index (χ1n) is 6.93. The maximum Gasteiger partial charge on any atom is 0.319 e. The summed E-state index contributed by atoms with van der Waals surface area (Å²) in [5, 5.41) is 12.6. The summed E-state index contributed by atoms with van der Waals surface area (Å²) in [6.45, 7) is 8.30. The van der Waals surface area contributed by atoms with Gasteiger partial charge < -0.3 is 15.2 Å². The molecule has 0 fully saturated rings. The number of rotatable bonds is 5. The predicted octanol–water partition coefficient (Wildman–Crippen LogP) is 3.24. The van der Waals surface area contributed by atoms with E-state index in [-0.39, 0.29) is 11.9 Å². The van der Waals surface area contributed by atoms with Gasteiger partial charge in [-0.05, 0) is 13.8 Å². The molecule has 21 heavy (non-hydrogen) atoms. The fraction of sp³-hybridized carbons (Fsp3) is 0.500. The number of hydrogen-bond acceptors (Lipinski definition) is 5. The molecule has 1 unspecified atom stereocenters. The zero-order chi connectivity index (χ0) is 15.4. The molecule has 1 atom stereocenters. The number of thiazole rings is 1. The zero-order valence-corrected chi connectivity index (χ0v) is 13.5. The van der Waals surface area contributed by atoms with Crippen molar-refractivity contribution in [2.24, 2.45) is 0 Å². The summed E-state index contributed by atoms with van der Waals surface area (Å²) < 4.78 is 5.14. The Balaban J connectivity index is 1.89. The van der Waals surface area contributed by atoms with Gasteiger partial charge in [0, 0.05) is 30.0 Å². The van der Waals surface area contributed by atoms with Crippen molar-refractivity contribution in [1.82, 2.24) is 15.5 Å². The van der Waals surface area contributed by atoms with Gasteiger partial charge in [0.15, 0.2) is 5.76 Å². The van der Waals surface area contributed by atoms with Gasteiger partial charge in [-0.1, -0.05) is 19.0 Å². The minimum atomic E-state index is -0.254. The third kappa shape index (κ3) is 3.81. The molecule has 2 aromatic heterocycles. The summed E-state index contributed by atoms with van der Waals surface area (Å²) in [6, 6.07) is -0.254. The molecular formula is C14H20N4O2S. The van der Waals surface area contributed by atoms with E-state index in [1.807, 2.05) is 26.2 Å². The van der Waals surface area contributed by atoms with Gasteiger partial charge in [0.25, 0.3) is 0 Å². The summed E-state index contributed by atoms with van der Waals surface area (Å²) in [4.78, 5) is 16.4. The lowest BCUT2D eigenvalue weighted by molar-refractivity contribution is 0.251. The maximum absolute atomic E-state index is 12.0. The Hall–Kier alpha value is -1.89. The SMILES string of the molecule is CCc1onc(C)c1NC(=O)NCC(C)c1nc(C)cs1. The highest BCUT2D eigenvalue weighted by atomic mass is 32.1. The number of anilines is 1. The van der Waals surface area contributed by atoms with Crippen LogP contribution < -0.4 is 10.6 Å². The largest absolute Gasteiger partial charge is 0.359 e. The van der Waals surface area contributed by atoms with Gasteiger partial charge in [0.2, 0.25) is 0 Å². The van der Waals surface area contributed by atoms with Gasteiger partial charge in [0.1, 0.15) is 11.4 Å². The molecule has 0 spiro atoms. The van der Waals surface area contributed by atoms with E-state index in [9.17, 15) is 4.79 Å². The van der Waals surface area contributed by atoms with E-state index in [1.54, 1.807) is 18.3 Å². The van der Waals surface area contributed by atoms with Crippen LogP contribution in [0.4, 0.5) is 10.5 Å². The van der Waals surface area contributed by atoms with Crippen LogP contribution in [0.2, 0.25) is 0 Å². The fourth-order valence-electron chi connectivity index (χ4n) is 1.91. The number of urea groups is 1. The minimum absolute atomic E-state index is 0.184. The highest BCUT2D eigenvalue weighted by molar-refractivity contribution is 7.09. The number of hydrogen-bond donors (Lipinski definition) is 2. The van der Waals surface area contributed by atoms with Gasteiger partial charge in [-0.3, -0.25) is 0 Å². The van der Waals surface area contributed by atoms with Crippen molar-refractivity contribution in [1.29, 1.82) is 0 Å². The van der Waals surface area contributed by atoms with Crippen LogP contribution in [-0.4, -0.2) is 22.7 Å². The Bertz CT molecular complexity index is 620. The van der Waals surface area contributed by atoms with E-state index in [0.29, 0.717) is 30.1 Å². The number of nitrogens with zero attached hydrogens (tertiary/aromatic N) is 2. The molecule has 0 aromatic carbocycles. The molecule has 0 aliphatic carbocycles. The predicted molar refractivity (Wildman–Crippen MR) is 82.9 cm³/mol. The molecule has 6 nitrogen and oxygen atoms in total. The smallest absolute Gasteiger partial charge is 0.319 e. The van der Waals surface area contributed by atoms with E-state index in [2.05, 4.69) is 20.8 Å². The van der Waals surface area contributed by atoms with E-state index < -0.39 is 0 Å². The minimum Gasteiger partial charge on any atom is -0.359 e. The van der Waals surface area contributed by atoms with Crippen LogP contribution in [0.1, 0.15) is 41.9 Å². The molecule has 0 saturated carbocycles. The first-order valence-corrected chi connectivity index (χ1v) is 7.81. The molecule has 0 bridgehead atoms. The second-order valence-electron chi connectivity index (χ2n) is 4.98. The molecule has 2 heterocycles. The average Bonchev–Trinajstić information content (AvgIpc) is 3.03. The first kappa shape index (κ1) is 15.5. The van der Waals surface area contributed by atoms with Crippen molar-refractivity contribution in [3.05, 3.63) is 27.5 Å². The van der Waals surface area contributed by atoms with Gasteiger partial charge in [-0.2, -0.15) is 0 Å². The fourth-order valence-corrected chi connectivity index (χ4v) is 2.76. The van der Waals surface area contributed by atoms with Crippen molar-refractivity contribution in [3.8, 4) is 0 Å². The third-order valence-electron chi connectivity index (χ3n) is 3.12. The molecule has 2 N–H and O–H groups in total. The second kappa shape index (κ2) is 6.71. The average molecular weight is 308 g/mol. The van der Waals surface area contributed by atoms with Crippen LogP contribution in [0.3, 0.4) is 0 Å². The molecule has 2 aromatic rings. The van der Waals surface area contributed by atoms with Crippen LogP contribution in [0, 0.1) is 13.8 Å². The van der Waals surface area contributed by atoms with Crippen molar-refractivity contribution in [2.75, 3.05) is 11.9 Å². The zero-order valence-electron chi connectivity index (χ0n) is 12.7. The van der Waals surface area contributed by atoms with Crippen molar-refractivity contribution >= 4 is 23.1 Å². The van der Waals surface area contributed by atoms with Crippen LogP contribution in [-0.2, 0) is 6.42 Å². The lowest BCUT2D eigenvalue weighted by Crippen LogP contribution is -2.32. The molecule has 0 aliphatic heterocycles. The number of amides is 2. The van der Waals surface area contributed by atoms with Crippen molar-refractivity contribution < 1.29 is 9.32 Å². The lowest BCUT2D eigenvalue weighted by Gasteiger charge is -2.11. The highest BCUT2D eigenvalue weighted by Crippen LogP contribution is 2.21. The van der Waals surface area contributed by atoms with Crippen LogP contribution in [0.5, 0.6) is 0 Å². The van der Waals surface area contributed by atoms with E-state index in [4.69, 9.17) is 4.52 Å². The van der Waals surface area contributed by atoms with Crippen LogP contribution in [0.15, 0.2) is 9.90 Å². The van der Waals surface area contributed by atoms with Gasteiger partial charge >= 0.3 is 6.03 Å². The molecule has 0 radical (unpaired) electrons. The molecule has 114 valence electrons. The number of aromatic nitrogens is 2. The molecule has 2 amide bonds. The Morgan fingerprint density at radius 3 is 2.86 bits per heavy atom. The molecular weight excluding hydrogens is 288 g/mol. The van der Waals surface area contributed by atoms with Gasteiger partial charge in [-0.15, -0.1) is 11.3 Å². The molecule has 0 saturated heterocycles. The Morgan fingerprint density at radius 1 is 1.48 bits per heavy atom. The van der Waals surface area contributed by atoms with Crippen LogP contribution in [0.25, 0.3) is 0 Å². The summed E-state index contributed by atoms with van der Waals surface area (Å²) in [6.07, 6.45) is 0.686. The molecule has 7 heteroatoms. The van der Waals surface area contributed by atoms with E-state index >= 15 is 0 Å². The molecule has 2 rings (SSSR count). The Kier molecular flexibility index (Phi) is 4.95. The maximum atomic E-state index is 12.0. The number of aryl methyl sites for hydroxylation is 3. The normalized spacial score (nSPS) is 12.2. The van der Waals surface area contributed by atoms with E-state index in [1.165, 1.54) is 0 Å². The number of carbonyl (C=O) groups is 1. The standard InChI is InChI=1S/C14H20N4O2S/c1-5-11-12(10(4)18-20-11)17-14(19)15-6-8(2)13-16-9(3)7-21-13/h7-8H,5-6H2,1-4H3,(H2,15,17,19). The summed E-state index contributed by atoms with van der Waals surface area (Å²) in [5.74, 6) is 0.870. The summed E-state index contributed by atoms with van der Waals surface area (Å²) in [7, 11) is 0. The van der Waals surface area contributed by atoms with Gasteiger partial charge in [0.05, 0.1) is 5.01 Å². The number of carbonyl (C=O) groups excluding carboxylic acids is 1. The molecule has 0 aliphatic rings. The highest BCUT2D eigenvalue weighted by Gasteiger charge is 2.15.